The summed E-state index contributed by atoms with van der Waals surface area (Å²) in [7, 11) is -3.83. The topological polar surface area (TPSA) is 76.8 Å². The zero-order chi connectivity index (χ0) is 23.4. The molecule has 0 bridgehead atoms. The highest BCUT2D eigenvalue weighted by Crippen LogP contribution is 2.25. The zero-order valence-electron chi connectivity index (χ0n) is 18.9. The lowest BCUT2D eigenvalue weighted by Gasteiger charge is -2.25. The van der Waals surface area contributed by atoms with Crippen LogP contribution in [0.25, 0.3) is 0 Å². The maximum atomic E-state index is 13.4. The second-order valence-electron chi connectivity index (χ2n) is 8.65. The van der Waals surface area contributed by atoms with E-state index >= 15 is 0 Å². The van der Waals surface area contributed by atoms with Gasteiger partial charge in [-0.2, -0.15) is 0 Å². The number of hydrogen-bond acceptors (Lipinski definition) is 5. The van der Waals surface area contributed by atoms with Crippen molar-refractivity contribution in [2.45, 2.75) is 55.2 Å². The number of amides is 1. The van der Waals surface area contributed by atoms with Crippen molar-refractivity contribution in [2.24, 2.45) is 0 Å². The Labute approximate surface area is 195 Å². The molecule has 1 atom stereocenters. The molecule has 1 amide bonds. The summed E-state index contributed by atoms with van der Waals surface area (Å²) < 4.78 is 37.0. The molecule has 0 radical (unpaired) electrons. The molecule has 2 aromatic carbocycles. The third-order valence-electron chi connectivity index (χ3n) is 5.87. The van der Waals surface area contributed by atoms with Crippen molar-refractivity contribution in [1.82, 2.24) is 4.90 Å². The summed E-state index contributed by atoms with van der Waals surface area (Å²) in [6.07, 6.45) is 1.82. The number of ether oxygens (including phenoxy) is 1. The van der Waals surface area contributed by atoms with Gasteiger partial charge in [-0.25, -0.2) is 8.42 Å². The maximum absolute atomic E-state index is 13.4. The third-order valence-corrected chi connectivity index (χ3v) is 7.51. The van der Waals surface area contributed by atoms with Crippen LogP contribution in [0.2, 0.25) is 0 Å². The van der Waals surface area contributed by atoms with Crippen molar-refractivity contribution >= 4 is 15.7 Å². The number of nitrogens with zero attached hydrogens (tertiary/aromatic N) is 1. The van der Waals surface area contributed by atoms with Crippen LogP contribution in [-0.2, 0) is 21.1 Å². The molecule has 1 unspecified atom stereocenters. The number of benzene rings is 2. The third kappa shape index (κ3) is 5.37. The second kappa shape index (κ2) is 9.93. The molecule has 1 saturated heterocycles. The molecule has 7 heteroatoms. The SMILES string of the molecule is CC(C)c1ccc(CN(CC2CCCO2)C(=O)c2ccc(S(=O)(=O)c3ccccc3)o2)cc1. The fourth-order valence-corrected chi connectivity index (χ4v) is 5.13. The van der Waals surface area contributed by atoms with E-state index in [9.17, 15) is 13.2 Å². The van der Waals surface area contributed by atoms with E-state index in [0.717, 1.165) is 18.4 Å². The lowest BCUT2D eigenvalue weighted by molar-refractivity contribution is 0.0480. The minimum absolute atomic E-state index is 0.00121. The van der Waals surface area contributed by atoms with Crippen molar-refractivity contribution in [3.63, 3.8) is 0 Å². The molecule has 0 spiro atoms. The Morgan fingerprint density at radius 2 is 1.76 bits per heavy atom. The molecular formula is C26H29NO5S. The van der Waals surface area contributed by atoms with Crippen molar-refractivity contribution in [3.8, 4) is 0 Å². The summed E-state index contributed by atoms with van der Waals surface area (Å²) >= 11 is 0. The number of hydrogen-bond donors (Lipinski definition) is 0. The molecular weight excluding hydrogens is 438 g/mol. The van der Waals surface area contributed by atoms with Crippen LogP contribution in [-0.4, -0.2) is 38.5 Å². The monoisotopic (exact) mass is 467 g/mol. The summed E-state index contributed by atoms with van der Waals surface area (Å²) in [5.41, 5.74) is 2.23. The fraction of sp³-hybridized carbons (Fsp3) is 0.346. The molecule has 1 fully saturated rings. The van der Waals surface area contributed by atoms with Gasteiger partial charge >= 0.3 is 0 Å². The minimum Gasteiger partial charge on any atom is -0.439 e. The Morgan fingerprint density at radius 3 is 2.39 bits per heavy atom. The van der Waals surface area contributed by atoms with Crippen molar-refractivity contribution in [3.05, 3.63) is 83.6 Å². The van der Waals surface area contributed by atoms with Gasteiger partial charge in [-0.15, -0.1) is 0 Å². The van der Waals surface area contributed by atoms with Crippen LogP contribution in [0.15, 0.2) is 81.1 Å². The first-order valence-electron chi connectivity index (χ1n) is 11.2. The van der Waals surface area contributed by atoms with E-state index in [4.69, 9.17) is 9.15 Å². The summed E-state index contributed by atoms with van der Waals surface area (Å²) in [4.78, 5) is 15.2. The molecule has 174 valence electrons. The Morgan fingerprint density at radius 1 is 1.03 bits per heavy atom. The van der Waals surface area contributed by atoms with Gasteiger partial charge in [0.25, 0.3) is 5.91 Å². The molecule has 6 nitrogen and oxygen atoms in total. The van der Waals surface area contributed by atoms with Gasteiger partial charge in [-0.1, -0.05) is 56.3 Å². The number of rotatable bonds is 8. The van der Waals surface area contributed by atoms with Crippen LogP contribution in [0.1, 0.15) is 54.3 Å². The Hall–Kier alpha value is -2.90. The van der Waals surface area contributed by atoms with Gasteiger partial charge in [-0.05, 0) is 54.2 Å². The first-order chi connectivity index (χ1) is 15.8. The lowest BCUT2D eigenvalue weighted by atomic mass is 10.0. The molecule has 0 N–H and O–H groups in total. The first-order valence-corrected chi connectivity index (χ1v) is 12.7. The van der Waals surface area contributed by atoms with E-state index in [0.29, 0.717) is 25.6 Å². The van der Waals surface area contributed by atoms with Crippen LogP contribution in [0.5, 0.6) is 0 Å². The molecule has 33 heavy (non-hydrogen) atoms. The minimum atomic E-state index is -3.83. The molecule has 0 saturated carbocycles. The smallest absolute Gasteiger partial charge is 0.290 e. The average Bonchev–Trinajstić information content (AvgIpc) is 3.52. The molecule has 0 aliphatic carbocycles. The molecule has 3 aromatic rings. The predicted octanol–water partition coefficient (Wildman–Crippen LogP) is 5.06. The standard InChI is InChI=1S/C26H29NO5S/c1-19(2)21-12-10-20(11-13-21)17-27(18-22-7-6-16-31-22)26(28)24-14-15-25(32-24)33(29,30)23-8-4-3-5-9-23/h3-5,8-15,19,22H,6-7,16-18H2,1-2H3. The van der Waals surface area contributed by atoms with E-state index in [-0.39, 0.29) is 27.8 Å². The average molecular weight is 468 g/mol. The van der Waals surface area contributed by atoms with Crippen LogP contribution in [0.3, 0.4) is 0 Å². The van der Waals surface area contributed by atoms with E-state index in [2.05, 4.69) is 26.0 Å². The maximum Gasteiger partial charge on any atom is 0.290 e. The molecule has 4 rings (SSSR count). The highest BCUT2D eigenvalue weighted by molar-refractivity contribution is 7.91. The van der Waals surface area contributed by atoms with Gasteiger partial charge < -0.3 is 14.1 Å². The van der Waals surface area contributed by atoms with Gasteiger partial charge in [0.15, 0.2) is 5.76 Å². The highest BCUT2D eigenvalue weighted by Gasteiger charge is 2.28. The van der Waals surface area contributed by atoms with Gasteiger partial charge in [0.05, 0.1) is 11.0 Å². The van der Waals surface area contributed by atoms with Crippen molar-refractivity contribution in [2.75, 3.05) is 13.2 Å². The second-order valence-corrected chi connectivity index (χ2v) is 10.5. The highest BCUT2D eigenvalue weighted by atomic mass is 32.2. The normalized spacial score (nSPS) is 16.3. The van der Waals surface area contributed by atoms with Gasteiger partial charge in [0.2, 0.25) is 14.9 Å². The van der Waals surface area contributed by atoms with Crippen molar-refractivity contribution < 1.29 is 22.4 Å². The van der Waals surface area contributed by atoms with Crippen LogP contribution < -0.4 is 0 Å². The van der Waals surface area contributed by atoms with E-state index in [1.165, 1.54) is 29.8 Å². The van der Waals surface area contributed by atoms with E-state index < -0.39 is 9.84 Å². The Kier molecular flexibility index (Phi) is 7.00. The van der Waals surface area contributed by atoms with Crippen LogP contribution in [0.4, 0.5) is 0 Å². The Balaban J connectivity index is 1.57. The van der Waals surface area contributed by atoms with E-state index in [1.54, 1.807) is 23.1 Å². The van der Waals surface area contributed by atoms with Crippen LogP contribution in [0, 0.1) is 0 Å². The van der Waals surface area contributed by atoms with Gasteiger partial charge in [-0.3, -0.25) is 4.79 Å². The van der Waals surface area contributed by atoms with Gasteiger partial charge in [0.1, 0.15) is 0 Å². The van der Waals surface area contributed by atoms with E-state index in [1.807, 2.05) is 12.1 Å². The summed E-state index contributed by atoms with van der Waals surface area (Å²) in [6, 6.07) is 19.0. The molecule has 1 aliphatic heterocycles. The first kappa shape index (κ1) is 23.3. The summed E-state index contributed by atoms with van der Waals surface area (Å²) in [6.45, 7) is 5.78. The van der Waals surface area contributed by atoms with Crippen molar-refractivity contribution in [1.29, 1.82) is 0 Å². The molecule has 1 aromatic heterocycles. The fourth-order valence-electron chi connectivity index (χ4n) is 3.93. The number of sulfone groups is 1. The molecule has 2 heterocycles. The molecule has 1 aliphatic rings. The largest absolute Gasteiger partial charge is 0.439 e. The summed E-state index contributed by atoms with van der Waals surface area (Å²) in [5, 5.41) is -0.240. The quantitative estimate of drug-likeness (QED) is 0.463. The number of carbonyl (C=O) groups excluding carboxylic acids is 1. The Bertz CT molecular complexity index is 1180. The number of carbonyl (C=O) groups is 1. The number of furan rings is 1. The lowest BCUT2D eigenvalue weighted by Crippen LogP contribution is -2.36. The zero-order valence-corrected chi connectivity index (χ0v) is 19.8. The van der Waals surface area contributed by atoms with Crippen LogP contribution >= 0.6 is 0 Å². The predicted molar refractivity (Wildman–Crippen MR) is 125 cm³/mol. The van der Waals surface area contributed by atoms with Gasteiger partial charge in [0, 0.05) is 19.7 Å². The summed E-state index contributed by atoms with van der Waals surface area (Å²) in [5.74, 6) is 0.0750.